The minimum Gasteiger partial charge on any atom is -0.299 e. The lowest BCUT2D eigenvalue weighted by molar-refractivity contribution is 0.794. The van der Waals surface area contributed by atoms with Crippen molar-refractivity contribution in [3.8, 4) is 78.9 Å². The second-order valence-corrected chi connectivity index (χ2v) is 16.2. The maximum Gasteiger partial charge on any atom is 0.164 e. The predicted octanol–water partition coefficient (Wildman–Crippen LogP) is 13.4. The molecule has 1 spiro atoms. The molecule has 3 heterocycles. The van der Waals surface area contributed by atoms with Gasteiger partial charge in [-0.2, -0.15) is 0 Å². The second kappa shape index (κ2) is 13.4. The molecule has 288 valence electrons. The summed E-state index contributed by atoms with van der Waals surface area (Å²) in [5.41, 5.74) is 17.5. The average Bonchev–Trinajstić information content (AvgIpc) is 3.98. The zero-order valence-electron chi connectivity index (χ0n) is 33.4. The monoisotopic (exact) mass is 789 g/mol. The Morgan fingerprint density at radius 1 is 0.323 bits per heavy atom. The Labute approximate surface area is 358 Å². The van der Waals surface area contributed by atoms with E-state index in [1.807, 2.05) is 18.2 Å². The summed E-state index contributed by atoms with van der Waals surface area (Å²) in [4.78, 5) is 20.9. The first-order valence-electron chi connectivity index (χ1n) is 21.1. The number of nitrogens with zero attached hydrogens (tertiary/aromatic N) is 5. The van der Waals surface area contributed by atoms with Gasteiger partial charge >= 0.3 is 0 Å². The number of hydrogen-bond donors (Lipinski definition) is 0. The summed E-state index contributed by atoms with van der Waals surface area (Å²) in [5, 5.41) is 2.30. The van der Waals surface area contributed by atoms with Crippen LogP contribution in [0, 0.1) is 0 Å². The van der Waals surface area contributed by atoms with E-state index in [-0.39, 0.29) is 0 Å². The number of imidazole rings is 1. The maximum atomic E-state index is 5.30. The fourth-order valence-corrected chi connectivity index (χ4v) is 10.2. The van der Waals surface area contributed by atoms with Gasteiger partial charge in [0, 0.05) is 34.0 Å². The highest BCUT2D eigenvalue weighted by Gasteiger charge is 2.51. The van der Waals surface area contributed by atoms with Crippen molar-refractivity contribution < 1.29 is 0 Å². The minimum absolute atomic E-state index is 0.474. The summed E-state index contributed by atoms with van der Waals surface area (Å²) in [5.74, 6) is 1.86. The Bertz CT molecular complexity index is 3520. The number of fused-ring (bicyclic) bond motifs is 12. The highest BCUT2D eigenvalue weighted by atomic mass is 15.0. The molecule has 8 aromatic carbocycles. The third-order valence-corrected chi connectivity index (χ3v) is 12.9. The van der Waals surface area contributed by atoms with Crippen LogP contribution in [0.15, 0.2) is 212 Å². The molecule has 0 unspecified atom stereocenters. The molecule has 0 amide bonds. The summed E-state index contributed by atoms with van der Waals surface area (Å²) in [7, 11) is 0. The lowest BCUT2D eigenvalue weighted by Crippen LogP contribution is -2.25. The van der Waals surface area contributed by atoms with Crippen LogP contribution in [0.4, 0.5) is 0 Å². The van der Waals surface area contributed by atoms with E-state index < -0.39 is 5.41 Å². The van der Waals surface area contributed by atoms with Crippen molar-refractivity contribution in [2.24, 2.45) is 0 Å². The van der Waals surface area contributed by atoms with Crippen molar-refractivity contribution >= 4 is 16.4 Å². The van der Waals surface area contributed by atoms with Gasteiger partial charge in [-0.15, -0.1) is 0 Å². The van der Waals surface area contributed by atoms with Crippen LogP contribution in [0.1, 0.15) is 22.3 Å². The number of pyridine rings is 1. The van der Waals surface area contributed by atoms with Crippen LogP contribution in [0.25, 0.3) is 95.4 Å². The fraction of sp³-hybridized carbons (Fsp3) is 0.0175. The van der Waals surface area contributed by atoms with Gasteiger partial charge in [0.2, 0.25) is 0 Å². The summed E-state index contributed by atoms with van der Waals surface area (Å²) in [6.45, 7) is 0. The molecule has 0 atom stereocenters. The molecule has 62 heavy (non-hydrogen) atoms. The van der Waals surface area contributed by atoms with Gasteiger partial charge in [-0.3, -0.25) is 4.40 Å². The van der Waals surface area contributed by atoms with Crippen molar-refractivity contribution in [1.82, 2.24) is 24.3 Å². The molecule has 0 saturated heterocycles. The van der Waals surface area contributed by atoms with Crippen molar-refractivity contribution in [2.45, 2.75) is 5.41 Å². The van der Waals surface area contributed by atoms with Gasteiger partial charge in [0.05, 0.1) is 16.8 Å². The molecule has 5 nitrogen and oxygen atoms in total. The van der Waals surface area contributed by atoms with Gasteiger partial charge in [0.1, 0.15) is 5.65 Å². The highest BCUT2D eigenvalue weighted by Crippen LogP contribution is 2.63. The standard InChI is InChI=1S/C57H35N5/c1-2-15-38(16-3-1)53-52(58-51-24-12-13-33-62(51)53)37-26-28-39(29-27-37)54-59-55(41-30-25-36-14-4-5-17-40(36)34-41)61-56(60-54)42-31-32-46-45-20-8-11-23-49(45)57(50(46)35-42)47-21-9-6-18-43(47)44-19-7-10-22-48(44)57/h1-35H. The second-order valence-electron chi connectivity index (χ2n) is 16.2. The van der Waals surface area contributed by atoms with E-state index in [0.717, 1.165) is 50.2 Å². The van der Waals surface area contributed by atoms with Crippen LogP contribution in [0.5, 0.6) is 0 Å². The molecule has 0 fully saturated rings. The first-order valence-corrected chi connectivity index (χ1v) is 21.1. The van der Waals surface area contributed by atoms with E-state index in [9.17, 15) is 0 Å². The van der Waals surface area contributed by atoms with Crippen LogP contribution in [-0.4, -0.2) is 24.3 Å². The normalized spacial score (nSPS) is 13.0. The van der Waals surface area contributed by atoms with Crippen LogP contribution in [0.2, 0.25) is 0 Å². The summed E-state index contributed by atoms with van der Waals surface area (Å²) in [6, 6.07) is 73.4. The number of rotatable bonds is 5. The molecule has 0 bridgehead atoms. The van der Waals surface area contributed by atoms with Gasteiger partial charge in [0.15, 0.2) is 17.5 Å². The molecule has 0 N–H and O–H groups in total. The lowest BCUT2D eigenvalue weighted by Gasteiger charge is -2.30. The average molecular weight is 790 g/mol. The van der Waals surface area contributed by atoms with Crippen molar-refractivity contribution in [2.75, 3.05) is 0 Å². The zero-order chi connectivity index (χ0) is 40.8. The Kier molecular flexibility index (Phi) is 7.45. The van der Waals surface area contributed by atoms with Crippen LogP contribution < -0.4 is 0 Å². The third kappa shape index (κ3) is 5.02. The Balaban J connectivity index is 0.994. The van der Waals surface area contributed by atoms with E-state index in [0.29, 0.717) is 17.5 Å². The smallest absolute Gasteiger partial charge is 0.164 e. The van der Waals surface area contributed by atoms with E-state index in [2.05, 4.69) is 199 Å². The molecule has 13 rings (SSSR count). The summed E-state index contributed by atoms with van der Waals surface area (Å²) in [6.07, 6.45) is 2.08. The zero-order valence-corrected chi connectivity index (χ0v) is 33.4. The van der Waals surface area contributed by atoms with Crippen molar-refractivity contribution in [3.05, 3.63) is 235 Å². The SMILES string of the molecule is c1ccc(-c2c(-c3ccc(-c4nc(-c5ccc6c(c5)C5(c7ccccc7-c7ccccc75)c5ccccc5-6)nc(-c5ccc6ccccc6c5)n4)cc3)nc3ccccn23)cc1. The lowest BCUT2D eigenvalue weighted by atomic mass is 9.70. The van der Waals surface area contributed by atoms with Gasteiger partial charge in [-0.05, 0) is 79.5 Å². The van der Waals surface area contributed by atoms with E-state index in [1.54, 1.807) is 0 Å². The number of aromatic nitrogens is 5. The van der Waals surface area contributed by atoms with Gasteiger partial charge in [-0.25, -0.2) is 19.9 Å². The molecule has 0 radical (unpaired) electrons. The number of hydrogen-bond acceptors (Lipinski definition) is 4. The van der Waals surface area contributed by atoms with Gasteiger partial charge in [-0.1, -0.05) is 182 Å². The number of benzene rings is 8. The Hall–Kier alpha value is -8.28. The third-order valence-electron chi connectivity index (χ3n) is 12.9. The van der Waals surface area contributed by atoms with Crippen LogP contribution in [-0.2, 0) is 5.41 Å². The molecule has 2 aliphatic rings. The Morgan fingerprint density at radius 2 is 0.823 bits per heavy atom. The molecular weight excluding hydrogens is 755 g/mol. The summed E-state index contributed by atoms with van der Waals surface area (Å²) < 4.78 is 2.16. The topological polar surface area (TPSA) is 56.0 Å². The van der Waals surface area contributed by atoms with E-state index in [4.69, 9.17) is 19.9 Å². The van der Waals surface area contributed by atoms with Gasteiger partial charge < -0.3 is 0 Å². The van der Waals surface area contributed by atoms with Crippen molar-refractivity contribution in [3.63, 3.8) is 0 Å². The van der Waals surface area contributed by atoms with E-state index in [1.165, 1.54) is 49.9 Å². The van der Waals surface area contributed by atoms with Crippen LogP contribution >= 0.6 is 0 Å². The van der Waals surface area contributed by atoms with Crippen LogP contribution in [0.3, 0.4) is 0 Å². The molecular formula is C57H35N5. The molecule has 5 heteroatoms. The highest BCUT2D eigenvalue weighted by molar-refractivity contribution is 5.96. The minimum atomic E-state index is -0.474. The van der Waals surface area contributed by atoms with Crippen molar-refractivity contribution in [1.29, 1.82) is 0 Å². The summed E-state index contributed by atoms with van der Waals surface area (Å²) >= 11 is 0. The molecule has 2 aliphatic carbocycles. The van der Waals surface area contributed by atoms with E-state index >= 15 is 0 Å². The molecule has 0 saturated carbocycles. The molecule has 0 aliphatic heterocycles. The first kappa shape index (κ1) is 34.6. The predicted molar refractivity (Wildman–Crippen MR) is 250 cm³/mol. The fourth-order valence-electron chi connectivity index (χ4n) is 10.2. The molecule has 11 aromatic rings. The largest absolute Gasteiger partial charge is 0.299 e. The molecule has 3 aromatic heterocycles. The van der Waals surface area contributed by atoms with Gasteiger partial charge in [0.25, 0.3) is 0 Å². The maximum absolute atomic E-state index is 5.30. The Morgan fingerprint density at radius 3 is 1.50 bits per heavy atom. The first-order chi connectivity index (χ1) is 30.7. The quantitative estimate of drug-likeness (QED) is 0.174.